The van der Waals surface area contributed by atoms with E-state index in [1.807, 2.05) is 4.90 Å². The molecule has 0 saturated carbocycles. The number of aliphatic hydroxyl groups is 1. The molecule has 15 heavy (non-hydrogen) atoms. The first-order chi connectivity index (χ1) is 6.80. The Morgan fingerprint density at radius 3 is 2.60 bits per heavy atom. The van der Waals surface area contributed by atoms with E-state index in [-0.39, 0.29) is 5.01 Å². The summed E-state index contributed by atoms with van der Waals surface area (Å²) in [5.41, 5.74) is 0. The Hall–Kier alpha value is -0.660. The van der Waals surface area contributed by atoms with Gasteiger partial charge >= 0.3 is 6.18 Å². The molecule has 0 aromatic carbocycles. The maximum absolute atomic E-state index is 12.1. The molecule has 0 bridgehead atoms. The number of nitrogens with zero attached hydrogens (tertiary/aromatic N) is 2. The van der Waals surface area contributed by atoms with Gasteiger partial charge in [-0.3, -0.25) is 0 Å². The van der Waals surface area contributed by atoms with Gasteiger partial charge in [-0.2, -0.15) is 13.2 Å². The van der Waals surface area contributed by atoms with E-state index in [4.69, 9.17) is 5.11 Å². The third-order valence-corrected chi connectivity index (χ3v) is 2.62. The molecule has 1 aromatic heterocycles. The van der Waals surface area contributed by atoms with Crippen molar-refractivity contribution >= 4 is 11.3 Å². The van der Waals surface area contributed by atoms with Crippen molar-refractivity contribution in [2.45, 2.75) is 18.8 Å². The first-order valence-electron chi connectivity index (χ1n) is 4.15. The van der Waals surface area contributed by atoms with E-state index in [0.29, 0.717) is 11.4 Å². The van der Waals surface area contributed by atoms with Gasteiger partial charge in [0.2, 0.25) is 6.10 Å². The van der Waals surface area contributed by atoms with E-state index in [0.717, 1.165) is 11.3 Å². The lowest BCUT2D eigenvalue weighted by Crippen LogP contribution is -2.19. The molecule has 0 aliphatic rings. The molecule has 1 rings (SSSR count). The van der Waals surface area contributed by atoms with Crippen molar-refractivity contribution in [1.29, 1.82) is 0 Å². The summed E-state index contributed by atoms with van der Waals surface area (Å²) in [6.07, 6.45) is -5.76. The summed E-state index contributed by atoms with van der Waals surface area (Å²) >= 11 is 0.873. The van der Waals surface area contributed by atoms with E-state index in [2.05, 4.69) is 4.98 Å². The van der Waals surface area contributed by atoms with Crippen molar-refractivity contribution < 1.29 is 18.3 Å². The molecule has 7 heteroatoms. The molecule has 1 aromatic rings. The molecule has 3 nitrogen and oxygen atoms in total. The number of hydrogen-bond donors (Lipinski definition) is 1. The maximum atomic E-state index is 12.1. The molecule has 0 spiro atoms. The standard InChI is InChI=1S/C8H11F3N2OS/c1-13(2)4-5-3-12-7(15-5)6(14)8(9,10)11/h3,6,14H,4H2,1-2H3/t6-/m0/s1. The van der Waals surface area contributed by atoms with Crippen LogP contribution >= 0.6 is 11.3 Å². The Balaban J connectivity index is 2.76. The molecule has 86 valence electrons. The van der Waals surface area contributed by atoms with Gasteiger partial charge in [0.1, 0.15) is 5.01 Å². The van der Waals surface area contributed by atoms with Gasteiger partial charge < -0.3 is 10.0 Å². The van der Waals surface area contributed by atoms with Crippen LogP contribution in [-0.2, 0) is 6.54 Å². The van der Waals surface area contributed by atoms with E-state index in [1.165, 1.54) is 6.20 Å². The number of alkyl halides is 3. The summed E-state index contributed by atoms with van der Waals surface area (Å²) < 4.78 is 36.3. The third kappa shape index (κ3) is 3.44. The van der Waals surface area contributed by atoms with Crippen LogP contribution in [0.5, 0.6) is 0 Å². The SMILES string of the molecule is CN(C)Cc1cnc([C@H](O)C(F)(F)F)s1. The zero-order chi connectivity index (χ0) is 11.6. The van der Waals surface area contributed by atoms with Crippen molar-refractivity contribution in [3.63, 3.8) is 0 Å². The monoisotopic (exact) mass is 240 g/mol. The fourth-order valence-electron chi connectivity index (χ4n) is 0.974. The molecule has 0 aliphatic carbocycles. The second kappa shape index (κ2) is 4.46. The van der Waals surface area contributed by atoms with Crippen LogP contribution in [0.25, 0.3) is 0 Å². The van der Waals surface area contributed by atoms with E-state index in [1.54, 1.807) is 14.1 Å². The Kier molecular flexibility index (Phi) is 3.69. The fourth-order valence-corrected chi connectivity index (χ4v) is 2.02. The van der Waals surface area contributed by atoms with Gasteiger partial charge in [-0.1, -0.05) is 0 Å². The highest BCUT2D eigenvalue weighted by atomic mass is 32.1. The van der Waals surface area contributed by atoms with Crippen LogP contribution in [0.15, 0.2) is 6.20 Å². The highest BCUT2D eigenvalue weighted by Crippen LogP contribution is 2.34. The zero-order valence-corrected chi connectivity index (χ0v) is 9.06. The average molecular weight is 240 g/mol. The van der Waals surface area contributed by atoms with Crippen LogP contribution in [0.3, 0.4) is 0 Å². The molecule has 1 atom stereocenters. The van der Waals surface area contributed by atoms with Gasteiger partial charge in [0.05, 0.1) is 0 Å². The summed E-state index contributed by atoms with van der Waals surface area (Å²) in [7, 11) is 3.61. The molecule has 0 radical (unpaired) electrons. The molecule has 0 fully saturated rings. The smallest absolute Gasteiger partial charge is 0.377 e. The molecule has 0 saturated heterocycles. The molecule has 0 amide bonds. The number of aliphatic hydroxyl groups excluding tert-OH is 1. The molecule has 0 unspecified atom stereocenters. The number of hydrogen-bond acceptors (Lipinski definition) is 4. The molecule has 0 aliphatic heterocycles. The van der Waals surface area contributed by atoms with Gasteiger partial charge in [0.25, 0.3) is 0 Å². The number of rotatable bonds is 3. The Morgan fingerprint density at radius 2 is 2.13 bits per heavy atom. The summed E-state index contributed by atoms with van der Waals surface area (Å²) in [6, 6.07) is 0. The van der Waals surface area contributed by atoms with Crippen molar-refractivity contribution in [1.82, 2.24) is 9.88 Å². The lowest BCUT2D eigenvalue weighted by atomic mass is 10.4. The highest BCUT2D eigenvalue weighted by Gasteiger charge is 2.41. The van der Waals surface area contributed by atoms with E-state index >= 15 is 0 Å². The summed E-state index contributed by atoms with van der Waals surface area (Å²) in [6.45, 7) is 0.516. The minimum absolute atomic E-state index is 0.306. The minimum Gasteiger partial charge on any atom is -0.377 e. The summed E-state index contributed by atoms with van der Waals surface area (Å²) in [4.78, 5) is 6.07. The van der Waals surface area contributed by atoms with Crippen LogP contribution in [0.4, 0.5) is 13.2 Å². The van der Waals surface area contributed by atoms with E-state index in [9.17, 15) is 13.2 Å². The molecule has 1 heterocycles. The maximum Gasteiger partial charge on any atom is 0.420 e. The quantitative estimate of drug-likeness (QED) is 0.875. The Labute approximate surface area is 89.2 Å². The topological polar surface area (TPSA) is 36.4 Å². The van der Waals surface area contributed by atoms with Gasteiger partial charge in [-0.15, -0.1) is 11.3 Å². The first-order valence-corrected chi connectivity index (χ1v) is 4.96. The van der Waals surface area contributed by atoms with Crippen LogP contribution in [0.1, 0.15) is 16.0 Å². The van der Waals surface area contributed by atoms with Crippen molar-refractivity contribution in [2.24, 2.45) is 0 Å². The zero-order valence-electron chi connectivity index (χ0n) is 8.25. The molecular weight excluding hydrogens is 229 g/mol. The van der Waals surface area contributed by atoms with Gasteiger partial charge in [0, 0.05) is 17.6 Å². The minimum atomic E-state index is -4.65. The predicted molar refractivity (Wildman–Crippen MR) is 50.5 cm³/mol. The van der Waals surface area contributed by atoms with Gasteiger partial charge in [-0.05, 0) is 14.1 Å². The first kappa shape index (κ1) is 12.4. The van der Waals surface area contributed by atoms with Crippen molar-refractivity contribution in [2.75, 3.05) is 14.1 Å². The van der Waals surface area contributed by atoms with Crippen molar-refractivity contribution in [3.05, 3.63) is 16.1 Å². The lowest BCUT2D eigenvalue weighted by Gasteiger charge is -2.11. The predicted octanol–water partition coefficient (Wildman–Crippen LogP) is 1.80. The Morgan fingerprint density at radius 1 is 1.53 bits per heavy atom. The molecular formula is C8H11F3N2OS. The third-order valence-electron chi connectivity index (χ3n) is 1.59. The summed E-state index contributed by atoms with van der Waals surface area (Å²) in [5.74, 6) is 0. The van der Waals surface area contributed by atoms with Crippen molar-refractivity contribution in [3.8, 4) is 0 Å². The van der Waals surface area contributed by atoms with Crippen LogP contribution < -0.4 is 0 Å². The van der Waals surface area contributed by atoms with Crippen LogP contribution in [0.2, 0.25) is 0 Å². The second-order valence-electron chi connectivity index (χ2n) is 3.35. The van der Waals surface area contributed by atoms with Gasteiger partial charge in [0.15, 0.2) is 0 Å². The van der Waals surface area contributed by atoms with Crippen LogP contribution in [0, 0.1) is 0 Å². The second-order valence-corrected chi connectivity index (χ2v) is 4.49. The normalized spacial score (nSPS) is 14.6. The average Bonchev–Trinajstić information content (AvgIpc) is 2.48. The highest BCUT2D eigenvalue weighted by molar-refractivity contribution is 7.11. The van der Waals surface area contributed by atoms with Crippen LogP contribution in [-0.4, -0.2) is 35.3 Å². The summed E-state index contributed by atoms with van der Waals surface area (Å²) in [5, 5.41) is 8.61. The number of thiazole rings is 1. The fraction of sp³-hybridized carbons (Fsp3) is 0.625. The van der Waals surface area contributed by atoms with Gasteiger partial charge in [-0.25, -0.2) is 4.98 Å². The number of aromatic nitrogens is 1. The molecule has 1 N–H and O–H groups in total. The lowest BCUT2D eigenvalue weighted by molar-refractivity contribution is -0.206. The number of halogens is 3. The van der Waals surface area contributed by atoms with E-state index < -0.39 is 12.3 Å². The Bertz CT molecular complexity index is 324. The largest absolute Gasteiger partial charge is 0.420 e.